The highest BCUT2D eigenvalue weighted by atomic mass is 19.1. The second-order valence-electron chi connectivity index (χ2n) is 3.54. The molecule has 4 nitrogen and oxygen atoms in total. The highest BCUT2D eigenvalue weighted by molar-refractivity contribution is 6.21. The Balaban J connectivity index is 2.81. The van der Waals surface area contributed by atoms with E-state index < -0.39 is 17.7 Å². The van der Waals surface area contributed by atoms with Gasteiger partial charge in [-0.2, -0.15) is 0 Å². The van der Waals surface area contributed by atoms with Crippen molar-refractivity contribution in [3.8, 4) is 0 Å². The highest BCUT2D eigenvalue weighted by Crippen LogP contribution is 2.15. The number of benzene rings is 1. The second-order valence-corrected chi connectivity index (χ2v) is 3.54. The highest BCUT2D eigenvalue weighted by Gasteiger charge is 2.21. The first-order valence-corrected chi connectivity index (χ1v) is 5.37. The minimum absolute atomic E-state index is 0.172. The van der Waals surface area contributed by atoms with Crippen LogP contribution in [0.15, 0.2) is 36.4 Å². The molecule has 0 fully saturated rings. The Morgan fingerprint density at radius 2 is 1.89 bits per heavy atom. The van der Waals surface area contributed by atoms with Gasteiger partial charge < -0.3 is 9.64 Å². The predicted octanol–water partition coefficient (Wildman–Crippen LogP) is 1.91. The van der Waals surface area contributed by atoms with E-state index in [1.165, 1.54) is 36.2 Å². The van der Waals surface area contributed by atoms with E-state index in [0.717, 1.165) is 0 Å². The Morgan fingerprint density at radius 3 is 2.39 bits per heavy atom. The molecule has 1 amide bonds. The number of hydrogen-bond donors (Lipinski definition) is 0. The molecule has 96 valence electrons. The van der Waals surface area contributed by atoms with Gasteiger partial charge in [0.15, 0.2) is 0 Å². The van der Waals surface area contributed by atoms with Crippen molar-refractivity contribution in [3.63, 3.8) is 0 Å². The van der Waals surface area contributed by atoms with Crippen LogP contribution in [0.2, 0.25) is 0 Å². The molecule has 0 saturated carbocycles. The van der Waals surface area contributed by atoms with Gasteiger partial charge in [0.25, 0.3) is 5.91 Å². The fourth-order valence-electron chi connectivity index (χ4n) is 1.29. The average Bonchev–Trinajstić information content (AvgIpc) is 2.37. The SMILES string of the molecule is C=C(C(=O)OCC)C(=O)N(C)c1ccc(F)cc1. The van der Waals surface area contributed by atoms with Crippen LogP contribution in [0.4, 0.5) is 10.1 Å². The summed E-state index contributed by atoms with van der Waals surface area (Å²) in [6, 6.07) is 5.33. The number of carbonyl (C=O) groups is 2. The molecule has 0 saturated heterocycles. The number of nitrogens with zero attached hydrogens (tertiary/aromatic N) is 1. The summed E-state index contributed by atoms with van der Waals surface area (Å²) in [5.74, 6) is -1.74. The summed E-state index contributed by atoms with van der Waals surface area (Å²) in [6.07, 6.45) is 0. The molecule has 1 aromatic rings. The molecule has 1 aromatic carbocycles. The zero-order valence-electron chi connectivity index (χ0n) is 10.3. The lowest BCUT2D eigenvalue weighted by Crippen LogP contribution is -2.31. The van der Waals surface area contributed by atoms with Crippen LogP contribution in [-0.4, -0.2) is 25.5 Å². The number of halogens is 1. The van der Waals surface area contributed by atoms with Crippen LogP contribution in [0.25, 0.3) is 0 Å². The standard InChI is InChI=1S/C13H14FNO3/c1-4-18-13(17)9(2)12(16)15(3)11-7-5-10(14)6-8-11/h5-8H,2,4H2,1,3H3. The number of anilines is 1. The maximum atomic E-state index is 12.7. The number of likely N-dealkylation sites (N-methyl/N-ethyl adjacent to an activating group) is 1. The van der Waals surface area contributed by atoms with Crippen LogP contribution in [0.5, 0.6) is 0 Å². The van der Waals surface area contributed by atoms with Crippen molar-refractivity contribution in [1.82, 2.24) is 0 Å². The monoisotopic (exact) mass is 251 g/mol. The van der Waals surface area contributed by atoms with Gasteiger partial charge in [-0.15, -0.1) is 0 Å². The van der Waals surface area contributed by atoms with E-state index in [2.05, 4.69) is 11.3 Å². The van der Waals surface area contributed by atoms with Crippen molar-refractivity contribution < 1.29 is 18.7 Å². The molecule has 0 radical (unpaired) electrons. The minimum atomic E-state index is -0.753. The molecule has 0 bridgehead atoms. The van der Waals surface area contributed by atoms with Crippen molar-refractivity contribution in [2.24, 2.45) is 0 Å². The third-order valence-corrected chi connectivity index (χ3v) is 2.30. The fraction of sp³-hybridized carbons (Fsp3) is 0.231. The predicted molar refractivity (Wildman–Crippen MR) is 65.6 cm³/mol. The van der Waals surface area contributed by atoms with Gasteiger partial charge in [-0.1, -0.05) is 6.58 Å². The number of rotatable bonds is 4. The Kier molecular flexibility index (Phi) is 4.59. The zero-order chi connectivity index (χ0) is 13.7. The Labute approximate surface area is 105 Å². The van der Waals surface area contributed by atoms with Crippen molar-refractivity contribution in [2.75, 3.05) is 18.6 Å². The summed E-state index contributed by atoms with van der Waals surface area (Å²) < 4.78 is 17.4. The van der Waals surface area contributed by atoms with E-state index in [-0.39, 0.29) is 12.2 Å². The first kappa shape index (κ1) is 13.9. The van der Waals surface area contributed by atoms with Crippen LogP contribution < -0.4 is 4.90 Å². The normalized spacial score (nSPS) is 9.72. The topological polar surface area (TPSA) is 46.6 Å². The van der Waals surface area contributed by atoms with E-state index in [9.17, 15) is 14.0 Å². The van der Waals surface area contributed by atoms with Gasteiger partial charge in [0.2, 0.25) is 0 Å². The third-order valence-electron chi connectivity index (χ3n) is 2.30. The molecule has 0 aromatic heterocycles. The van der Waals surface area contributed by atoms with Gasteiger partial charge >= 0.3 is 5.97 Å². The molecular weight excluding hydrogens is 237 g/mol. The first-order chi connectivity index (χ1) is 8.47. The van der Waals surface area contributed by atoms with Crippen molar-refractivity contribution in [3.05, 3.63) is 42.2 Å². The fourth-order valence-corrected chi connectivity index (χ4v) is 1.29. The number of amides is 1. The van der Waals surface area contributed by atoms with E-state index >= 15 is 0 Å². The smallest absolute Gasteiger partial charge is 0.343 e. The molecule has 5 heteroatoms. The first-order valence-electron chi connectivity index (χ1n) is 5.37. The van der Waals surface area contributed by atoms with Crippen LogP contribution in [0.3, 0.4) is 0 Å². The molecule has 0 aliphatic carbocycles. The summed E-state index contributed by atoms with van der Waals surface area (Å²) in [4.78, 5) is 24.4. The third kappa shape index (κ3) is 3.16. The summed E-state index contributed by atoms with van der Waals surface area (Å²) in [7, 11) is 1.47. The average molecular weight is 251 g/mol. The molecule has 0 N–H and O–H groups in total. The largest absolute Gasteiger partial charge is 0.462 e. The van der Waals surface area contributed by atoms with E-state index in [0.29, 0.717) is 5.69 Å². The molecular formula is C13H14FNO3. The van der Waals surface area contributed by atoms with Gasteiger partial charge in [0.05, 0.1) is 6.61 Å². The zero-order valence-corrected chi connectivity index (χ0v) is 10.3. The molecule has 0 aliphatic heterocycles. The van der Waals surface area contributed by atoms with Gasteiger partial charge in [-0.3, -0.25) is 4.79 Å². The van der Waals surface area contributed by atoms with Crippen LogP contribution in [0.1, 0.15) is 6.92 Å². The van der Waals surface area contributed by atoms with E-state index in [4.69, 9.17) is 0 Å². The lowest BCUT2D eigenvalue weighted by Gasteiger charge is -2.17. The van der Waals surface area contributed by atoms with Crippen molar-refractivity contribution >= 4 is 17.6 Å². The Bertz CT molecular complexity index is 468. The quantitative estimate of drug-likeness (QED) is 0.355. The van der Waals surface area contributed by atoms with Gasteiger partial charge in [-0.05, 0) is 31.2 Å². The van der Waals surface area contributed by atoms with Crippen molar-refractivity contribution in [1.29, 1.82) is 0 Å². The Hall–Kier alpha value is -2.17. The maximum absolute atomic E-state index is 12.7. The van der Waals surface area contributed by atoms with Gasteiger partial charge in [0, 0.05) is 12.7 Å². The second kappa shape index (κ2) is 5.95. The minimum Gasteiger partial charge on any atom is -0.462 e. The van der Waals surface area contributed by atoms with Crippen LogP contribution in [-0.2, 0) is 14.3 Å². The molecule has 0 spiro atoms. The molecule has 0 aliphatic rings. The summed E-state index contributed by atoms with van der Waals surface area (Å²) in [6.45, 7) is 5.21. The summed E-state index contributed by atoms with van der Waals surface area (Å²) in [5, 5.41) is 0. The van der Waals surface area contributed by atoms with Gasteiger partial charge in [-0.25, -0.2) is 9.18 Å². The summed E-state index contributed by atoms with van der Waals surface area (Å²) in [5.41, 5.74) is 0.204. The molecule has 0 unspecified atom stereocenters. The molecule has 0 atom stereocenters. The van der Waals surface area contributed by atoms with Gasteiger partial charge in [0.1, 0.15) is 11.4 Å². The van der Waals surface area contributed by atoms with Crippen LogP contribution >= 0.6 is 0 Å². The maximum Gasteiger partial charge on any atom is 0.343 e. The van der Waals surface area contributed by atoms with E-state index in [1.807, 2.05) is 0 Å². The van der Waals surface area contributed by atoms with E-state index in [1.54, 1.807) is 6.92 Å². The number of carbonyl (C=O) groups excluding carboxylic acids is 2. The lowest BCUT2D eigenvalue weighted by atomic mass is 10.2. The number of ether oxygens (including phenoxy) is 1. The molecule has 0 heterocycles. The molecule has 18 heavy (non-hydrogen) atoms. The number of esters is 1. The van der Waals surface area contributed by atoms with Crippen molar-refractivity contribution in [2.45, 2.75) is 6.92 Å². The summed E-state index contributed by atoms with van der Waals surface area (Å²) >= 11 is 0. The molecule has 1 rings (SSSR count). The lowest BCUT2D eigenvalue weighted by molar-refractivity contribution is -0.139. The number of hydrogen-bond acceptors (Lipinski definition) is 3. The van der Waals surface area contributed by atoms with Crippen LogP contribution in [0, 0.1) is 5.82 Å². The Morgan fingerprint density at radius 1 is 1.33 bits per heavy atom.